The monoisotopic (exact) mass is 302 g/mol. The normalized spacial score (nSPS) is 27.3. The molecule has 0 saturated carbocycles. The van der Waals surface area contributed by atoms with Gasteiger partial charge in [-0.15, -0.1) is 0 Å². The molecule has 3 atom stereocenters. The number of aromatic nitrogens is 2. The standard InChI is InChI=1S/C12H12Cl2N2O3/c13-7-2-9-10(3-8(7)14)16(5-15-9)12-11(18)1-6(4-17)19-12/h2-3,5-6,11-12,17-18H,1,4H2/t6-,11-,12?/m0/s1. The number of imidazole rings is 1. The van der Waals surface area contributed by atoms with Crippen molar-refractivity contribution in [2.75, 3.05) is 6.61 Å². The van der Waals surface area contributed by atoms with Crippen LogP contribution in [0.2, 0.25) is 10.0 Å². The number of ether oxygens (including phenoxy) is 1. The minimum absolute atomic E-state index is 0.118. The first kappa shape index (κ1) is 13.1. The Morgan fingerprint density at radius 3 is 2.79 bits per heavy atom. The fourth-order valence-corrected chi connectivity index (χ4v) is 2.64. The van der Waals surface area contributed by atoms with Crippen LogP contribution in [-0.2, 0) is 4.74 Å². The lowest BCUT2D eigenvalue weighted by molar-refractivity contribution is -0.0484. The number of nitrogens with zero attached hydrogens (tertiary/aromatic N) is 2. The highest BCUT2D eigenvalue weighted by Gasteiger charge is 2.35. The highest BCUT2D eigenvalue weighted by atomic mass is 35.5. The van der Waals surface area contributed by atoms with Crippen LogP contribution in [0.1, 0.15) is 12.6 Å². The summed E-state index contributed by atoms with van der Waals surface area (Å²) < 4.78 is 7.30. The molecule has 1 aliphatic rings. The largest absolute Gasteiger partial charge is 0.394 e. The van der Waals surface area contributed by atoms with E-state index in [1.165, 1.54) is 0 Å². The molecule has 19 heavy (non-hydrogen) atoms. The molecule has 102 valence electrons. The molecule has 3 rings (SSSR count). The van der Waals surface area contributed by atoms with Crippen molar-refractivity contribution in [2.45, 2.75) is 24.9 Å². The number of benzene rings is 1. The van der Waals surface area contributed by atoms with Crippen LogP contribution in [0, 0.1) is 0 Å². The van der Waals surface area contributed by atoms with Crippen LogP contribution in [-0.4, -0.2) is 38.6 Å². The summed E-state index contributed by atoms with van der Waals surface area (Å²) in [5.41, 5.74) is 1.41. The fourth-order valence-electron chi connectivity index (χ4n) is 2.32. The average Bonchev–Trinajstić information content (AvgIpc) is 2.93. The highest BCUT2D eigenvalue weighted by molar-refractivity contribution is 6.42. The first-order valence-electron chi connectivity index (χ1n) is 5.86. The average molecular weight is 303 g/mol. The van der Waals surface area contributed by atoms with Crippen LogP contribution < -0.4 is 0 Å². The maximum Gasteiger partial charge on any atom is 0.161 e. The molecule has 1 fully saturated rings. The molecule has 0 radical (unpaired) electrons. The molecular weight excluding hydrogens is 291 g/mol. The number of rotatable bonds is 2. The SMILES string of the molecule is OC[C@@H]1C[C@H](O)C(n2cnc3cc(Cl)c(Cl)cc32)O1. The van der Waals surface area contributed by atoms with Crippen molar-refractivity contribution in [1.29, 1.82) is 0 Å². The number of hydrogen-bond donors (Lipinski definition) is 2. The van der Waals surface area contributed by atoms with Crippen LogP contribution in [0.3, 0.4) is 0 Å². The molecule has 1 aliphatic heterocycles. The van der Waals surface area contributed by atoms with Crippen LogP contribution in [0.4, 0.5) is 0 Å². The number of fused-ring (bicyclic) bond motifs is 1. The Morgan fingerprint density at radius 1 is 1.37 bits per heavy atom. The Morgan fingerprint density at radius 2 is 2.11 bits per heavy atom. The molecule has 2 heterocycles. The molecule has 1 unspecified atom stereocenters. The second kappa shape index (κ2) is 4.92. The summed E-state index contributed by atoms with van der Waals surface area (Å²) in [5, 5.41) is 19.9. The third-order valence-electron chi connectivity index (χ3n) is 3.26. The van der Waals surface area contributed by atoms with E-state index in [0.717, 1.165) is 5.52 Å². The topological polar surface area (TPSA) is 67.5 Å². The van der Waals surface area contributed by atoms with E-state index in [1.54, 1.807) is 23.0 Å². The second-order valence-electron chi connectivity index (χ2n) is 4.54. The lowest BCUT2D eigenvalue weighted by Crippen LogP contribution is -2.18. The molecule has 1 aromatic carbocycles. The van der Waals surface area contributed by atoms with Gasteiger partial charge in [-0.25, -0.2) is 4.98 Å². The van der Waals surface area contributed by atoms with Gasteiger partial charge in [-0.3, -0.25) is 0 Å². The Bertz CT molecular complexity index is 616. The van der Waals surface area contributed by atoms with E-state index in [0.29, 0.717) is 22.0 Å². The van der Waals surface area contributed by atoms with Crippen LogP contribution in [0.15, 0.2) is 18.5 Å². The van der Waals surface area contributed by atoms with Gasteiger partial charge < -0.3 is 19.5 Å². The molecule has 7 heteroatoms. The van der Waals surface area contributed by atoms with Crippen LogP contribution in [0.25, 0.3) is 11.0 Å². The third kappa shape index (κ3) is 2.22. The smallest absolute Gasteiger partial charge is 0.161 e. The van der Waals surface area contributed by atoms with Gasteiger partial charge in [0.25, 0.3) is 0 Å². The zero-order valence-electron chi connectivity index (χ0n) is 9.83. The van der Waals surface area contributed by atoms with Crippen molar-refractivity contribution >= 4 is 34.2 Å². The fraction of sp³-hybridized carbons (Fsp3) is 0.417. The third-order valence-corrected chi connectivity index (χ3v) is 3.98. The zero-order valence-corrected chi connectivity index (χ0v) is 11.3. The highest BCUT2D eigenvalue weighted by Crippen LogP contribution is 2.33. The Hall–Kier alpha value is -0.850. The number of aliphatic hydroxyl groups is 2. The molecule has 1 aromatic heterocycles. The maximum atomic E-state index is 10.0. The minimum Gasteiger partial charge on any atom is -0.394 e. The summed E-state index contributed by atoms with van der Waals surface area (Å²) >= 11 is 11.9. The Kier molecular flexibility index (Phi) is 3.41. The van der Waals surface area contributed by atoms with Gasteiger partial charge in [0.15, 0.2) is 6.23 Å². The zero-order chi connectivity index (χ0) is 13.6. The van der Waals surface area contributed by atoms with Gasteiger partial charge in [-0.05, 0) is 12.1 Å². The first-order chi connectivity index (χ1) is 9.10. The van der Waals surface area contributed by atoms with Crippen molar-refractivity contribution in [2.24, 2.45) is 0 Å². The van der Waals surface area contributed by atoms with E-state index < -0.39 is 12.3 Å². The molecule has 0 bridgehead atoms. The molecule has 0 aliphatic carbocycles. The van der Waals surface area contributed by atoms with E-state index >= 15 is 0 Å². The summed E-state index contributed by atoms with van der Waals surface area (Å²) in [7, 11) is 0. The van der Waals surface area contributed by atoms with Crippen LogP contribution in [0.5, 0.6) is 0 Å². The van der Waals surface area contributed by atoms with Crippen molar-refractivity contribution < 1.29 is 14.9 Å². The Labute approximate surface area is 119 Å². The quantitative estimate of drug-likeness (QED) is 0.890. The van der Waals surface area contributed by atoms with Gasteiger partial charge in [0.05, 0.1) is 40.1 Å². The molecule has 0 amide bonds. The number of halogens is 2. The van der Waals surface area contributed by atoms with Crippen molar-refractivity contribution in [1.82, 2.24) is 9.55 Å². The predicted molar refractivity (Wildman–Crippen MR) is 71.4 cm³/mol. The van der Waals surface area contributed by atoms with Gasteiger partial charge in [0.2, 0.25) is 0 Å². The Balaban J connectivity index is 2.04. The molecule has 5 nitrogen and oxygen atoms in total. The predicted octanol–water partition coefficient (Wildman–Crippen LogP) is 1.98. The van der Waals surface area contributed by atoms with Crippen molar-refractivity contribution in [3.63, 3.8) is 0 Å². The summed E-state index contributed by atoms with van der Waals surface area (Å²) in [6.45, 7) is -0.118. The molecular formula is C12H12Cl2N2O3. The summed E-state index contributed by atoms with van der Waals surface area (Å²) in [6, 6.07) is 3.36. The van der Waals surface area contributed by atoms with E-state index in [2.05, 4.69) is 4.98 Å². The van der Waals surface area contributed by atoms with Gasteiger partial charge in [-0.1, -0.05) is 23.2 Å². The summed E-state index contributed by atoms with van der Waals surface area (Å²) in [5.74, 6) is 0. The van der Waals surface area contributed by atoms with Gasteiger partial charge in [-0.2, -0.15) is 0 Å². The summed E-state index contributed by atoms with van der Waals surface area (Å²) in [6.07, 6.45) is 0.344. The number of hydrogen-bond acceptors (Lipinski definition) is 4. The van der Waals surface area contributed by atoms with Crippen molar-refractivity contribution in [3.05, 3.63) is 28.5 Å². The molecule has 2 N–H and O–H groups in total. The van der Waals surface area contributed by atoms with E-state index in [-0.39, 0.29) is 12.7 Å². The van der Waals surface area contributed by atoms with E-state index in [4.69, 9.17) is 33.0 Å². The maximum absolute atomic E-state index is 10.0. The lowest BCUT2D eigenvalue weighted by Gasteiger charge is -2.17. The van der Waals surface area contributed by atoms with Gasteiger partial charge in [0, 0.05) is 6.42 Å². The first-order valence-corrected chi connectivity index (χ1v) is 6.61. The molecule has 2 aromatic rings. The van der Waals surface area contributed by atoms with Gasteiger partial charge >= 0.3 is 0 Å². The molecule has 0 spiro atoms. The number of aliphatic hydroxyl groups excluding tert-OH is 2. The molecule has 1 saturated heterocycles. The second-order valence-corrected chi connectivity index (χ2v) is 5.36. The van der Waals surface area contributed by atoms with Crippen molar-refractivity contribution in [3.8, 4) is 0 Å². The van der Waals surface area contributed by atoms with E-state index in [9.17, 15) is 5.11 Å². The minimum atomic E-state index is -0.691. The van der Waals surface area contributed by atoms with Crippen LogP contribution >= 0.6 is 23.2 Å². The van der Waals surface area contributed by atoms with Gasteiger partial charge in [0.1, 0.15) is 6.10 Å². The lowest BCUT2D eigenvalue weighted by atomic mass is 10.2. The summed E-state index contributed by atoms with van der Waals surface area (Å²) in [4.78, 5) is 4.22. The van der Waals surface area contributed by atoms with E-state index in [1.807, 2.05) is 0 Å².